The Bertz CT molecular complexity index is 4160. The zero-order chi connectivity index (χ0) is 44.7. The topological polar surface area (TPSA) is 35.6 Å². The molecule has 0 saturated heterocycles. The van der Waals surface area contributed by atoms with E-state index in [1.165, 1.54) is 87.9 Å². The molecule has 3 aromatic heterocycles. The Morgan fingerprint density at radius 2 is 1.03 bits per heavy atom. The van der Waals surface area contributed by atoms with Crippen LogP contribution >= 0.6 is 0 Å². The van der Waals surface area contributed by atoms with Gasteiger partial charge in [-0.05, 0) is 129 Å². The third kappa shape index (κ3) is 6.15. The van der Waals surface area contributed by atoms with E-state index >= 15 is 0 Å². The molecule has 0 aliphatic heterocycles. The zero-order valence-corrected chi connectivity index (χ0v) is 37.1. The molecule has 3 heterocycles. The number of rotatable bonds is 6. The van der Waals surface area contributed by atoms with Crippen LogP contribution in [-0.2, 0) is 6.42 Å². The van der Waals surface area contributed by atoms with E-state index < -0.39 is 0 Å². The van der Waals surface area contributed by atoms with Crippen molar-refractivity contribution in [1.82, 2.24) is 19.1 Å². The van der Waals surface area contributed by atoms with Gasteiger partial charge in [0.1, 0.15) is 0 Å². The number of para-hydroxylation sites is 3. The van der Waals surface area contributed by atoms with Crippen molar-refractivity contribution in [2.45, 2.75) is 12.3 Å². The van der Waals surface area contributed by atoms with E-state index in [-0.39, 0.29) is 5.92 Å². The molecular weight excluding hydrogens is 825 g/mol. The van der Waals surface area contributed by atoms with Crippen molar-refractivity contribution in [3.8, 4) is 45.1 Å². The SMILES string of the molecule is C1=C[C@H](c2ccc3c(c2)c2ccccc2n3-c2ccc(-c3nc(-c4ccc(-c5ccc6ccccc6c5)cc4)c4ccccc4n3)cc2)Cc2c1n(-c1ccccc1)c1ccc3ccccc3c21. The second-order valence-corrected chi connectivity index (χ2v) is 18.1. The predicted octanol–water partition coefficient (Wildman–Crippen LogP) is 16.3. The summed E-state index contributed by atoms with van der Waals surface area (Å²) in [6, 6.07) is 81.1. The van der Waals surface area contributed by atoms with Gasteiger partial charge in [0.25, 0.3) is 0 Å². The van der Waals surface area contributed by atoms with Gasteiger partial charge in [0, 0.05) is 55.7 Å². The lowest BCUT2D eigenvalue weighted by molar-refractivity contribution is 0.827. The van der Waals surface area contributed by atoms with Gasteiger partial charge in [0.2, 0.25) is 0 Å². The average molecular weight is 867 g/mol. The highest BCUT2D eigenvalue weighted by Gasteiger charge is 2.26. The lowest BCUT2D eigenvalue weighted by Gasteiger charge is -2.20. The van der Waals surface area contributed by atoms with E-state index in [9.17, 15) is 0 Å². The first-order valence-corrected chi connectivity index (χ1v) is 23.5. The van der Waals surface area contributed by atoms with Crippen molar-refractivity contribution in [3.63, 3.8) is 0 Å². The molecule has 0 amide bonds. The van der Waals surface area contributed by atoms with Gasteiger partial charge in [-0.25, -0.2) is 9.97 Å². The fourth-order valence-electron chi connectivity index (χ4n) is 11.0. The van der Waals surface area contributed by atoms with Crippen molar-refractivity contribution in [3.05, 3.63) is 247 Å². The summed E-state index contributed by atoms with van der Waals surface area (Å²) in [6.45, 7) is 0. The maximum atomic E-state index is 5.27. The van der Waals surface area contributed by atoms with E-state index in [1.807, 2.05) is 0 Å². The highest BCUT2D eigenvalue weighted by Crippen LogP contribution is 2.43. The molecule has 1 atom stereocenters. The highest BCUT2D eigenvalue weighted by molar-refractivity contribution is 6.11. The molecule has 0 radical (unpaired) electrons. The van der Waals surface area contributed by atoms with Crippen LogP contribution in [0.1, 0.15) is 22.7 Å². The molecule has 0 fully saturated rings. The molecule has 0 bridgehead atoms. The Morgan fingerprint density at radius 3 is 1.88 bits per heavy atom. The van der Waals surface area contributed by atoms with Crippen LogP contribution in [-0.4, -0.2) is 19.1 Å². The maximum Gasteiger partial charge on any atom is 0.160 e. The summed E-state index contributed by atoms with van der Waals surface area (Å²) in [4.78, 5) is 10.4. The first-order valence-electron chi connectivity index (χ1n) is 23.5. The number of benzene rings is 10. The fraction of sp³-hybridized carbons (Fsp3) is 0.0312. The van der Waals surface area contributed by atoms with Crippen LogP contribution < -0.4 is 0 Å². The lowest BCUT2D eigenvalue weighted by atomic mass is 9.85. The lowest BCUT2D eigenvalue weighted by Crippen LogP contribution is -2.07. The highest BCUT2D eigenvalue weighted by atomic mass is 15.0. The first kappa shape index (κ1) is 38.4. The van der Waals surface area contributed by atoms with Crippen LogP contribution in [0.4, 0.5) is 0 Å². The van der Waals surface area contributed by atoms with Gasteiger partial charge in [-0.15, -0.1) is 0 Å². The van der Waals surface area contributed by atoms with Gasteiger partial charge in [0.05, 0.1) is 27.8 Å². The predicted molar refractivity (Wildman–Crippen MR) is 284 cm³/mol. The second kappa shape index (κ2) is 15.4. The van der Waals surface area contributed by atoms with Crippen molar-refractivity contribution in [2.75, 3.05) is 0 Å². The molecule has 0 spiro atoms. The molecule has 1 aliphatic rings. The molecule has 0 saturated carbocycles. The van der Waals surface area contributed by atoms with Gasteiger partial charge in [-0.2, -0.15) is 0 Å². The molecule has 318 valence electrons. The Labute approximate surface area is 393 Å². The number of fused-ring (bicyclic) bond motifs is 10. The van der Waals surface area contributed by atoms with Gasteiger partial charge in [-0.3, -0.25) is 0 Å². The second-order valence-electron chi connectivity index (χ2n) is 18.1. The van der Waals surface area contributed by atoms with Crippen LogP contribution in [0.5, 0.6) is 0 Å². The Hall–Kier alpha value is -8.86. The van der Waals surface area contributed by atoms with Crippen LogP contribution in [0.2, 0.25) is 0 Å². The summed E-state index contributed by atoms with van der Waals surface area (Å²) in [5, 5.41) is 9.96. The molecular formula is C64H42N4. The minimum absolute atomic E-state index is 0.233. The van der Waals surface area contributed by atoms with Crippen LogP contribution in [0.15, 0.2) is 231 Å². The van der Waals surface area contributed by atoms with Crippen molar-refractivity contribution < 1.29 is 0 Å². The Morgan fingerprint density at radius 1 is 0.397 bits per heavy atom. The summed E-state index contributed by atoms with van der Waals surface area (Å²) in [6.07, 6.45) is 5.71. The largest absolute Gasteiger partial charge is 0.310 e. The van der Waals surface area contributed by atoms with Gasteiger partial charge in [0.15, 0.2) is 5.82 Å². The smallest absolute Gasteiger partial charge is 0.160 e. The summed E-state index contributed by atoms with van der Waals surface area (Å²) < 4.78 is 4.85. The third-order valence-electron chi connectivity index (χ3n) is 14.3. The van der Waals surface area contributed by atoms with Gasteiger partial charge in [-0.1, -0.05) is 158 Å². The minimum atomic E-state index is 0.233. The number of nitrogens with zero attached hydrogens (tertiary/aromatic N) is 4. The van der Waals surface area contributed by atoms with Crippen LogP contribution in [0, 0.1) is 0 Å². The monoisotopic (exact) mass is 866 g/mol. The van der Waals surface area contributed by atoms with E-state index in [0.29, 0.717) is 5.82 Å². The minimum Gasteiger partial charge on any atom is -0.310 e. The molecule has 1 aliphatic carbocycles. The third-order valence-corrected chi connectivity index (χ3v) is 14.3. The fourth-order valence-corrected chi connectivity index (χ4v) is 11.0. The molecule has 0 unspecified atom stereocenters. The van der Waals surface area contributed by atoms with Gasteiger partial charge >= 0.3 is 0 Å². The van der Waals surface area contributed by atoms with Crippen molar-refractivity contribution >= 4 is 71.2 Å². The van der Waals surface area contributed by atoms with Crippen LogP contribution in [0.25, 0.3) is 116 Å². The number of aromatic nitrogens is 4. The average Bonchev–Trinajstić information content (AvgIpc) is 3.93. The Kier molecular flexibility index (Phi) is 8.68. The van der Waals surface area contributed by atoms with Crippen molar-refractivity contribution in [1.29, 1.82) is 0 Å². The van der Waals surface area contributed by atoms with Gasteiger partial charge < -0.3 is 9.13 Å². The zero-order valence-electron chi connectivity index (χ0n) is 37.1. The maximum absolute atomic E-state index is 5.27. The van der Waals surface area contributed by atoms with E-state index in [4.69, 9.17) is 9.97 Å². The first-order chi connectivity index (χ1) is 33.7. The van der Waals surface area contributed by atoms with E-state index in [2.05, 4.69) is 246 Å². The molecule has 10 aromatic carbocycles. The summed E-state index contributed by atoms with van der Waals surface area (Å²) in [5.74, 6) is 0.941. The number of allylic oxidation sites excluding steroid dienone is 1. The molecule has 14 rings (SSSR count). The van der Waals surface area contributed by atoms with Crippen molar-refractivity contribution in [2.24, 2.45) is 0 Å². The van der Waals surface area contributed by atoms with Crippen LogP contribution in [0.3, 0.4) is 0 Å². The van der Waals surface area contributed by atoms with E-state index in [1.54, 1.807) is 0 Å². The Balaban J connectivity index is 0.816. The summed E-state index contributed by atoms with van der Waals surface area (Å²) in [5.41, 5.74) is 16.2. The molecule has 0 N–H and O–H groups in total. The molecule has 4 nitrogen and oxygen atoms in total. The molecule has 4 heteroatoms. The summed E-state index contributed by atoms with van der Waals surface area (Å²) in [7, 11) is 0. The standard InChI is InChI=1S/C64H42N4/c1-2-15-50(16-3-1)68-60-36-32-49(40-56(60)62-52-17-7-6-13-43(52)30-37-61(62)68)48-31-35-59-55(39-48)53-18-9-11-21-58(53)67(59)51-33-28-45(29-34-51)64-65-57-20-10-8-19-54(57)63(66-64)44-25-22-42(23-26-44)47-27-24-41-12-4-5-14-46(41)38-47/h1-39,49H,40H2/t49-/m0/s1. The van der Waals surface area contributed by atoms with E-state index in [0.717, 1.165) is 39.8 Å². The molecule has 13 aromatic rings. The number of hydrogen-bond acceptors (Lipinski definition) is 2. The molecule has 68 heavy (non-hydrogen) atoms. The normalized spacial score (nSPS) is 13.6. The quantitative estimate of drug-likeness (QED) is 0.167. The summed E-state index contributed by atoms with van der Waals surface area (Å²) >= 11 is 0. The number of hydrogen-bond donors (Lipinski definition) is 0.